The van der Waals surface area contributed by atoms with Gasteiger partial charge in [-0.05, 0) is 63.6 Å². The number of benzene rings is 7. The van der Waals surface area contributed by atoms with Gasteiger partial charge in [0.15, 0.2) is 0 Å². The maximum absolute atomic E-state index is 8.79. The number of hydrogen-bond acceptors (Lipinski definition) is 3. The quantitative estimate of drug-likeness (QED) is 0.118. The molecule has 6 heteroatoms. The Balaban J connectivity index is 0.000000197. The van der Waals surface area contributed by atoms with Crippen LogP contribution in [0.1, 0.15) is 38.8 Å². The fraction of sp³-hybridized carbons (Fsp3) is 0.158. The average Bonchev–Trinajstić information content (AvgIpc) is 3.90. The fourth-order valence-electron chi connectivity index (χ4n) is 7.97. The van der Waals surface area contributed by atoms with E-state index >= 15 is 0 Å². The maximum Gasteiger partial charge on any atom is 0.120 e. The number of nitrogens with zero attached hydrogens (tertiary/aromatic N) is 3. The Bertz CT molecular complexity index is 3390. The Morgan fingerprint density at radius 2 is 1.44 bits per heavy atom. The molecule has 63 heavy (non-hydrogen) atoms. The third-order valence-electron chi connectivity index (χ3n) is 10.9. The summed E-state index contributed by atoms with van der Waals surface area (Å²) in [5.74, 6) is 0.799. The van der Waals surface area contributed by atoms with Crippen LogP contribution < -0.4 is 5.19 Å². The smallest absolute Gasteiger partial charge is 0.120 e. The van der Waals surface area contributed by atoms with Crippen molar-refractivity contribution in [2.75, 3.05) is 0 Å². The zero-order valence-electron chi connectivity index (χ0n) is 41.2. The van der Waals surface area contributed by atoms with E-state index in [4.69, 9.17) is 16.3 Å². The van der Waals surface area contributed by atoms with Crippen LogP contribution in [-0.4, -0.2) is 22.6 Å². The molecule has 3 heterocycles. The predicted octanol–water partition coefficient (Wildman–Crippen LogP) is 14.7. The van der Waals surface area contributed by atoms with Crippen molar-refractivity contribution in [3.63, 3.8) is 0 Å². The van der Waals surface area contributed by atoms with Crippen LogP contribution in [-0.2, 0) is 26.5 Å². The minimum Gasteiger partial charge on any atom is -0.501 e. The molecular weight excluding hydrogens is 963 g/mol. The number of hydrogen-bond donors (Lipinski definition) is 0. The number of fused-ring (bicyclic) bond motifs is 4. The minimum absolute atomic E-state index is 0. The summed E-state index contributed by atoms with van der Waals surface area (Å²) in [4.78, 5) is 9.75. The molecule has 1 radical (unpaired) electrons. The van der Waals surface area contributed by atoms with Gasteiger partial charge in [0.25, 0.3) is 0 Å². The van der Waals surface area contributed by atoms with Crippen LogP contribution >= 0.6 is 0 Å². The van der Waals surface area contributed by atoms with Gasteiger partial charge in [0.05, 0.1) is 30.5 Å². The third kappa shape index (κ3) is 9.17. The molecule has 0 saturated heterocycles. The number of rotatable bonds is 7. The van der Waals surface area contributed by atoms with Crippen molar-refractivity contribution in [1.29, 1.82) is 0 Å². The molecule has 0 fully saturated rings. The normalized spacial score (nSPS) is 13.3. The average molecular weight is 1020 g/mol. The second-order valence-corrected chi connectivity index (χ2v) is 22.7. The Hall–Kier alpha value is -6.17. The molecule has 3 aromatic heterocycles. The van der Waals surface area contributed by atoms with Gasteiger partial charge in [0.1, 0.15) is 5.58 Å². The van der Waals surface area contributed by atoms with Gasteiger partial charge < -0.3 is 14.0 Å². The summed E-state index contributed by atoms with van der Waals surface area (Å²) in [7, 11) is -1.81. The predicted molar refractivity (Wildman–Crippen MR) is 263 cm³/mol. The first-order valence-electron chi connectivity index (χ1n) is 23.5. The Morgan fingerprint density at radius 3 is 2.16 bits per heavy atom. The standard InChI is InChI=1S/C37H23N2O.C20H28NSi.Ir/c1-3-12-25(13-4-1)27-22-23-28(26-14-5-2-6-15-26)34(24-27)39-33-20-9-8-19-32(33)38-37(39)31-18-11-17-30-29-16-7-10-21-35(29)40-36(30)31;1-15-8-10-16(11-9-15)18-12-17(13-20(2,3)4)19(14-21-18)22(5,6)7;/h1-17,19-24H;8-10,12,14H,13H2,1-7H3;/q2*-1;/i;1D3,13D2;. The Kier molecular flexibility index (Phi) is 10.6. The number of aryl methyl sites for hydroxylation is 1. The molecule has 10 aromatic rings. The van der Waals surface area contributed by atoms with Crippen molar-refractivity contribution in [1.82, 2.24) is 14.5 Å². The number of pyridine rings is 1. The molecule has 0 saturated carbocycles. The summed E-state index contributed by atoms with van der Waals surface area (Å²) < 4.78 is 48.7. The summed E-state index contributed by atoms with van der Waals surface area (Å²) in [6.45, 7) is 10.1. The van der Waals surface area contributed by atoms with Gasteiger partial charge in [-0.3, -0.25) is 4.98 Å². The van der Waals surface area contributed by atoms with Gasteiger partial charge in [-0.25, -0.2) is 0 Å². The van der Waals surface area contributed by atoms with Crippen molar-refractivity contribution in [3.05, 3.63) is 193 Å². The van der Waals surface area contributed by atoms with Gasteiger partial charge in [-0.1, -0.05) is 173 Å². The van der Waals surface area contributed by atoms with Gasteiger partial charge >= 0.3 is 0 Å². The molecule has 0 atom stereocenters. The second kappa shape index (κ2) is 17.9. The fourth-order valence-corrected chi connectivity index (χ4v) is 9.37. The monoisotopic (exact) mass is 1020 g/mol. The molecule has 0 spiro atoms. The van der Waals surface area contributed by atoms with E-state index in [1.54, 1.807) is 18.3 Å². The topological polar surface area (TPSA) is 43.9 Å². The van der Waals surface area contributed by atoms with Crippen LogP contribution in [0.15, 0.2) is 174 Å². The van der Waals surface area contributed by atoms with Crippen molar-refractivity contribution < 1.29 is 31.4 Å². The Labute approximate surface area is 393 Å². The molecule has 10 rings (SSSR count). The van der Waals surface area contributed by atoms with Crippen LogP contribution in [0.2, 0.25) is 19.6 Å². The van der Waals surface area contributed by atoms with Gasteiger partial charge in [-0.2, -0.15) is 0 Å². The molecule has 0 aliphatic carbocycles. The van der Waals surface area contributed by atoms with E-state index in [-0.39, 0.29) is 25.7 Å². The molecule has 0 unspecified atom stereocenters. The molecule has 0 bridgehead atoms. The summed E-state index contributed by atoms with van der Waals surface area (Å²) in [5, 5.41) is 3.15. The first kappa shape index (κ1) is 37.4. The van der Waals surface area contributed by atoms with E-state index in [9.17, 15) is 0 Å². The number of furan rings is 1. The molecule has 0 amide bonds. The number of imidazole rings is 1. The minimum atomic E-state index is -2.17. The van der Waals surface area contributed by atoms with E-state index in [0.717, 1.165) is 71.9 Å². The summed E-state index contributed by atoms with van der Waals surface area (Å²) in [6, 6.07) is 61.3. The summed E-state index contributed by atoms with van der Waals surface area (Å²) in [5.41, 5.74) is 11.7. The van der Waals surface area contributed by atoms with Crippen LogP contribution in [0.4, 0.5) is 0 Å². The zero-order chi connectivity index (χ0) is 47.3. The van der Waals surface area contributed by atoms with Crippen LogP contribution in [0.3, 0.4) is 0 Å². The van der Waals surface area contributed by atoms with Crippen molar-refractivity contribution >= 4 is 46.2 Å². The molecular formula is C57H51IrN3OSi-2. The SMILES string of the molecule is [2H]C([2H])([2H])c1c[c-]c(-c2cc(C([2H])([2H])C(C)(C)C)c([Si](C)(C)C)cn2)cc1.[Ir].[c-]1ccc2c(oc3ccccc32)c1-c1nc2ccccc2n1-c1cc(-c2ccccc2)ccc1-c1ccccc1. The van der Waals surface area contributed by atoms with E-state index in [2.05, 4.69) is 144 Å². The molecule has 7 aromatic carbocycles. The number of aromatic nitrogens is 3. The van der Waals surface area contributed by atoms with Gasteiger partial charge in [0.2, 0.25) is 0 Å². The largest absolute Gasteiger partial charge is 0.501 e. The first-order valence-corrected chi connectivity index (χ1v) is 24.5. The van der Waals surface area contributed by atoms with E-state index in [1.165, 1.54) is 11.6 Å². The molecule has 4 nitrogen and oxygen atoms in total. The van der Waals surface area contributed by atoms with E-state index in [0.29, 0.717) is 16.8 Å². The molecule has 315 valence electrons. The summed E-state index contributed by atoms with van der Waals surface area (Å²) >= 11 is 0. The van der Waals surface area contributed by atoms with Gasteiger partial charge in [-0.15, -0.1) is 53.6 Å². The van der Waals surface area contributed by atoms with Crippen molar-refractivity contribution in [3.8, 4) is 50.6 Å². The molecule has 0 N–H and O–H groups in total. The van der Waals surface area contributed by atoms with E-state index in [1.807, 2.05) is 63.2 Å². The molecule has 0 aliphatic heterocycles. The first-order chi connectivity index (χ1) is 31.9. The number of para-hydroxylation sites is 3. The van der Waals surface area contributed by atoms with Gasteiger partial charge in [0, 0.05) is 49.8 Å². The van der Waals surface area contributed by atoms with Crippen LogP contribution in [0.5, 0.6) is 0 Å². The van der Waals surface area contributed by atoms with Crippen LogP contribution in [0, 0.1) is 24.4 Å². The zero-order valence-corrected chi connectivity index (χ0v) is 39.6. The summed E-state index contributed by atoms with van der Waals surface area (Å²) in [6.07, 6.45) is 0.269. The van der Waals surface area contributed by atoms with Crippen LogP contribution in [0.25, 0.3) is 83.6 Å². The Morgan fingerprint density at radius 1 is 0.730 bits per heavy atom. The van der Waals surface area contributed by atoms with Crippen molar-refractivity contribution in [2.24, 2.45) is 5.41 Å². The van der Waals surface area contributed by atoms with E-state index < -0.39 is 26.7 Å². The van der Waals surface area contributed by atoms with Crippen molar-refractivity contribution in [2.45, 2.75) is 53.6 Å². The second-order valence-electron chi connectivity index (χ2n) is 17.6. The third-order valence-corrected chi connectivity index (χ3v) is 12.9. The maximum atomic E-state index is 8.79. The molecule has 0 aliphatic rings.